The highest BCUT2D eigenvalue weighted by Crippen LogP contribution is 2.32. The molecular weight excluding hydrogens is 233 g/mol. The number of halogens is 3. The maximum Gasteiger partial charge on any atom is 0.416 e. The molecule has 1 aromatic rings. The van der Waals surface area contributed by atoms with Crippen molar-refractivity contribution in [2.45, 2.75) is 12.6 Å². The van der Waals surface area contributed by atoms with Crippen LogP contribution >= 0.6 is 0 Å². The maximum absolute atomic E-state index is 12.7. The molecule has 1 aliphatic rings. The molecule has 0 amide bonds. The van der Waals surface area contributed by atoms with Crippen LogP contribution in [-0.4, -0.2) is 30.0 Å². The van der Waals surface area contributed by atoms with Gasteiger partial charge in [-0.1, -0.05) is 0 Å². The fourth-order valence-electron chi connectivity index (χ4n) is 2.20. The first-order valence-corrected chi connectivity index (χ1v) is 5.33. The zero-order valence-corrected chi connectivity index (χ0v) is 9.34. The first-order chi connectivity index (χ1) is 7.86. The summed E-state index contributed by atoms with van der Waals surface area (Å²) in [7, 11) is 1.92. The van der Waals surface area contributed by atoms with Crippen LogP contribution in [0.5, 0.6) is 0 Å². The molecule has 1 saturated heterocycles. The van der Waals surface area contributed by atoms with E-state index < -0.39 is 17.3 Å². The fraction of sp³-hybridized carbons (Fsp3) is 0.545. The molecule has 0 saturated carbocycles. The highest BCUT2D eigenvalue weighted by Gasteiger charge is 2.35. The number of pyridine rings is 1. The Balaban J connectivity index is 2.24. The van der Waals surface area contributed by atoms with Crippen molar-refractivity contribution in [3.63, 3.8) is 0 Å². The van der Waals surface area contributed by atoms with E-state index in [1.165, 1.54) is 6.20 Å². The Morgan fingerprint density at radius 2 is 2.12 bits per heavy atom. The molecule has 3 nitrogen and oxygen atoms in total. The molecule has 1 aliphatic heterocycles. The Hall–Kier alpha value is -1.30. The third-order valence-electron chi connectivity index (χ3n) is 2.96. The molecule has 2 rings (SSSR count). The zero-order valence-electron chi connectivity index (χ0n) is 9.34. The van der Waals surface area contributed by atoms with Crippen LogP contribution in [0.25, 0.3) is 0 Å². The molecule has 17 heavy (non-hydrogen) atoms. The second-order valence-corrected chi connectivity index (χ2v) is 4.53. The van der Waals surface area contributed by atoms with E-state index >= 15 is 0 Å². The van der Waals surface area contributed by atoms with Crippen LogP contribution in [-0.2, 0) is 12.6 Å². The largest absolute Gasteiger partial charge is 0.416 e. The second-order valence-electron chi connectivity index (χ2n) is 4.53. The summed E-state index contributed by atoms with van der Waals surface area (Å²) in [6, 6.07) is 0.637. The van der Waals surface area contributed by atoms with Gasteiger partial charge in [0.1, 0.15) is 0 Å². The van der Waals surface area contributed by atoms with Crippen molar-refractivity contribution in [2.75, 3.05) is 20.1 Å². The van der Waals surface area contributed by atoms with Gasteiger partial charge in [0.05, 0.1) is 5.56 Å². The van der Waals surface area contributed by atoms with Gasteiger partial charge in [-0.05, 0) is 24.9 Å². The smallest absolute Gasteiger partial charge is 0.329 e. The van der Waals surface area contributed by atoms with E-state index in [0.717, 1.165) is 13.1 Å². The van der Waals surface area contributed by atoms with E-state index in [1.54, 1.807) is 0 Å². The maximum atomic E-state index is 12.7. The van der Waals surface area contributed by atoms with Gasteiger partial charge in [0.25, 0.3) is 0 Å². The average molecular weight is 246 g/mol. The minimum atomic E-state index is -4.46. The van der Waals surface area contributed by atoms with Crippen LogP contribution in [0.4, 0.5) is 13.2 Å². The van der Waals surface area contributed by atoms with Crippen molar-refractivity contribution < 1.29 is 13.2 Å². The van der Waals surface area contributed by atoms with Crippen LogP contribution in [0.3, 0.4) is 0 Å². The van der Waals surface area contributed by atoms with Crippen LogP contribution < -0.4 is 5.56 Å². The summed E-state index contributed by atoms with van der Waals surface area (Å²) in [5, 5.41) is 0. The number of nitrogens with one attached hydrogen (secondary N) is 1. The van der Waals surface area contributed by atoms with Crippen molar-refractivity contribution in [3.8, 4) is 0 Å². The van der Waals surface area contributed by atoms with Crippen molar-refractivity contribution in [3.05, 3.63) is 33.7 Å². The van der Waals surface area contributed by atoms with Gasteiger partial charge >= 0.3 is 6.18 Å². The SMILES string of the molecule is CN1CC(Cc2c[nH]c(=O)cc2C(F)(F)F)C1. The monoisotopic (exact) mass is 246 g/mol. The van der Waals surface area contributed by atoms with Crippen molar-refractivity contribution >= 4 is 0 Å². The Kier molecular flexibility index (Phi) is 2.99. The molecule has 0 bridgehead atoms. The number of H-pyrrole nitrogens is 1. The van der Waals surface area contributed by atoms with Gasteiger partial charge in [0.2, 0.25) is 5.56 Å². The third-order valence-corrected chi connectivity index (χ3v) is 2.96. The van der Waals surface area contributed by atoms with E-state index in [9.17, 15) is 18.0 Å². The minimum absolute atomic E-state index is 0.176. The van der Waals surface area contributed by atoms with Gasteiger partial charge in [0.15, 0.2) is 0 Å². The summed E-state index contributed by atoms with van der Waals surface area (Å²) in [6.07, 6.45) is -2.92. The highest BCUT2D eigenvalue weighted by molar-refractivity contribution is 5.27. The summed E-state index contributed by atoms with van der Waals surface area (Å²) < 4.78 is 38.1. The standard InChI is InChI=1S/C11H13F3N2O/c1-16-5-7(6-16)2-8-4-15-10(17)3-9(8)11(12,13)14/h3-4,7H,2,5-6H2,1H3,(H,15,17). The summed E-state index contributed by atoms with van der Waals surface area (Å²) in [6.45, 7) is 1.60. The number of hydrogen-bond donors (Lipinski definition) is 1. The molecular formula is C11H13F3N2O. The topological polar surface area (TPSA) is 36.1 Å². The number of alkyl halides is 3. The lowest BCUT2D eigenvalue weighted by atomic mass is 9.91. The van der Waals surface area contributed by atoms with Crippen molar-refractivity contribution in [2.24, 2.45) is 5.92 Å². The number of nitrogens with zero attached hydrogens (tertiary/aromatic N) is 1. The normalized spacial score (nSPS) is 18.1. The molecule has 0 atom stereocenters. The first-order valence-electron chi connectivity index (χ1n) is 5.33. The van der Waals surface area contributed by atoms with E-state index in [1.807, 2.05) is 11.9 Å². The van der Waals surface area contributed by atoms with Gasteiger partial charge in [0, 0.05) is 25.4 Å². The molecule has 0 aliphatic carbocycles. The molecule has 0 spiro atoms. The predicted molar refractivity (Wildman–Crippen MR) is 56.8 cm³/mol. The van der Waals surface area contributed by atoms with Gasteiger partial charge in [-0.15, -0.1) is 0 Å². The van der Waals surface area contributed by atoms with Crippen molar-refractivity contribution in [1.82, 2.24) is 9.88 Å². The zero-order chi connectivity index (χ0) is 12.6. The molecule has 2 heterocycles. The summed E-state index contributed by atoms with van der Waals surface area (Å²) in [5.74, 6) is 0.243. The molecule has 1 N–H and O–H groups in total. The van der Waals surface area contributed by atoms with Crippen molar-refractivity contribution in [1.29, 1.82) is 0 Å². The number of aromatic nitrogens is 1. The Morgan fingerprint density at radius 3 is 2.65 bits per heavy atom. The molecule has 1 fully saturated rings. The molecule has 94 valence electrons. The Bertz CT molecular complexity index is 461. The van der Waals surface area contributed by atoms with E-state index in [-0.39, 0.29) is 11.5 Å². The van der Waals surface area contributed by atoms with Crippen LogP contribution in [0.2, 0.25) is 0 Å². The van der Waals surface area contributed by atoms with Crippen LogP contribution in [0.1, 0.15) is 11.1 Å². The van der Waals surface area contributed by atoms with Gasteiger partial charge in [-0.25, -0.2) is 0 Å². The Labute approximate surface area is 96.3 Å². The lowest BCUT2D eigenvalue weighted by molar-refractivity contribution is -0.138. The lowest BCUT2D eigenvalue weighted by Crippen LogP contribution is -2.44. The van der Waals surface area contributed by atoms with Gasteiger partial charge in [-0.3, -0.25) is 4.79 Å². The number of likely N-dealkylation sites (tertiary alicyclic amines) is 1. The summed E-state index contributed by atoms with van der Waals surface area (Å²) in [5.41, 5.74) is -1.35. The van der Waals surface area contributed by atoms with E-state index in [4.69, 9.17) is 0 Å². The molecule has 1 aromatic heterocycles. The molecule has 6 heteroatoms. The molecule has 0 aromatic carbocycles. The first kappa shape index (κ1) is 12.2. The van der Waals surface area contributed by atoms with E-state index in [0.29, 0.717) is 12.5 Å². The van der Waals surface area contributed by atoms with Gasteiger partial charge in [-0.2, -0.15) is 13.2 Å². The summed E-state index contributed by atoms with van der Waals surface area (Å²) >= 11 is 0. The predicted octanol–water partition coefficient (Wildman–Crippen LogP) is 1.50. The van der Waals surface area contributed by atoms with Gasteiger partial charge < -0.3 is 9.88 Å². The number of aromatic amines is 1. The molecule has 0 radical (unpaired) electrons. The summed E-state index contributed by atoms with van der Waals surface area (Å²) in [4.78, 5) is 15.3. The quantitative estimate of drug-likeness (QED) is 0.858. The third kappa shape index (κ3) is 2.69. The number of rotatable bonds is 2. The molecule has 0 unspecified atom stereocenters. The van der Waals surface area contributed by atoms with E-state index in [2.05, 4.69) is 4.98 Å². The minimum Gasteiger partial charge on any atom is -0.329 e. The average Bonchev–Trinajstić information content (AvgIpc) is 2.16. The highest BCUT2D eigenvalue weighted by atomic mass is 19.4. The fourth-order valence-corrected chi connectivity index (χ4v) is 2.20. The van der Waals surface area contributed by atoms with Crippen LogP contribution in [0, 0.1) is 5.92 Å². The lowest BCUT2D eigenvalue weighted by Gasteiger charge is -2.36. The Morgan fingerprint density at radius 1 is 1.47 bits per heavy atom. The van der Waals surface area contributed by atoms with Crippen LogP contribution in [0.15, 0.2) is 17.1 Å². The second kappa shape index (κ2) is 4.18. The number of hydrogen-bond acceptors (Lipinski definition) is 2.